The molecule has 1 aliphatic rings. The molecule has 4 rings (SSSR count). The number of piperidine rings is 1. The number of rotatable bonds is 9. The van der Waals surface area contributed by atoms with Crippen LogP contribution in [0.15, 0.2) is 53.2 Å². The molecule has 0 saturated carbocycles. The first-order valence-corrected chi connectivity index (χ1v) is 12.8. The fourth-order valence-electron chi connectivity index (χ4n) is 4.38. The van der Waals surface area contributed by atoms with Crippen LogP contribution in [0.1, 0.15) is 32.4 Å². The maximum absolute atomic E-state index is 12.6. The summed E-state index contributed by atoms with van der Waals surface area (Å²) in [5.74, 6) is 1.27. The molecule has 0 aliphatic carbocycles. The second-order valence-electron chi connectivity index (χ2n) is 9.93. The highest BCUT2D eigenvalue weighted by atomic mass is 35.5. The number of nitrogens with one attached hydrogen (secondary N) is 1. The Bertz CT molecular complexity index is 1190. The van der Waals surface area contributed by atoms with Gasteiger partial charge in [0.1, 0.15) is 23.4 Å². The number of aromatic nitrogens is 1. The molecule has 3 heterocycles. The monoisotopic (exact) mass is 527 g/mol. The molecule has 198 valence electrons. The van der Waals surface area contributed by atoms with Crippen molar-refractivity contribution >= 4 is 17.7 Å². The highest BCUT2D eigenvalue weighted by Gasteiger charge is 2.29. The number of carbonyl (C=O) groups excluding carboxylic acids is 1. The fourth-order valence-corrected chi connectivity index (χ4v) is 4.50. The summed E-state index contributed by atoms with van der Waals surface area (Å²) >= 11 is 6.02. The lowest BCUT2D eigenvalue weighted by molar-refractivity contribution is 0.0422. The van der Waals surface area contributed by atoms with Gasteiger partial charge in [0.15, 0.2) is 0 Å². The van der Waals surface area contributed by atoms with Crippen molar-refractivity contribution < 1.29 is 23.8 Å². The standard InChI is InChI=1S/C28H34ClN3O5/c1-28(2,18-31-27(34)36-21-8-12-32(13-9-21)14-15-35-3)25-17-22(19-6-10-30-11-7-19)26(37-25)20-4-5-23(29)24(33)16-20/h4-7,10-11,16-17,21,33H,8-9,12-15,18H2,1-3H3,(H,31,34). The molecule has 0 atom stereocenters. The minimum atomic E-state index is -0.531. The van der Waals surface area contributed by atoms with Crippen molar-refractivity contribution in [2.45, 2.75) is 38.2 Å². The van der Waals surface area contributed by atoms with Crippen LogP contribution in [0.4, 0.5) is 4.79 Å². The molecule has 3 aromatic rings. The Kier molecular flexibility index (Phi) is 8.74. The second kappa shape index (κ2) is 12.0. The Morgan fingerprint density at radius 3 is 2.59 bits per heavy atom. The Balaban J connectivity index is 1.45. The lowest BCUT2D eigenvalue weighted by Gasteiger charge is -2.31. The van der Waals surface area contributed by atoms with Crippen molar-refractivity contribution in [3.8, 4) is 28.2 Å². The molecule has 0 radical (unpaired) electrons. The molecule has 2 aromatic heterocycles. The van der Waals surface area contributed by atoms with Crippen LogP contribution in [0, 0.1) is 0 Å². The third-order valence-corrected chi connectivity index (χ3v) is 7.01. The fraction of sp³-hybridized carbons (Fsp3) is 0.429. The molecule has 1 saturated heterocycles. The summed E-state index contributed by atoms with van der Waals surface area (Å²) in [5, 5.41) is 13.4. The minimum absolute atomic E-state index is 0.0222. The van der Waals surface area contributed by atoms with Crippen molar-refractivity contribution in [3.05, 3.63) is 59.6 Å². The summed E-state index contributed by atoms with van der Waals surface area (Å²) < 4.78 is 17.2. The van der Waals surface area contributed by atoms with E-state index in [1.54, 1.807) is 37.7 Å². The van der Waals surface area contributed by atoms with Crippen LogP contribution in [0.25, 0.3) is 22.5 Å². The lowest BCUT2D eigenvalue weighted by atomic mass is 9.89. The van der Waals surface area contributed by atoms with E-state index in [1.165, 1.54) is 0 Å². The normalized spacial score (nSPS) is 15.0. The maximum Gasteiger partial charge on any atom is 0.407 e. The van der Waals surface area contributed by atoms with Crippen molar-refractivity contribution in [2.75, 3.05) is 39.9 Å². The van der Waals surface area contributed by atoms with Crippen LogP contribution >= 0.6 is 11.6 Å². The molecular weight excluding hydrogens is 494 g/mol. The summed E-state index contributed by atoms with van der Waals surface area (Å²) in [6.07, 6.45) is 4.54. The van der Waals surface area contributed by atoms with Gasteiger partial charge in [-0.3, -0.25) is 4.98 Å². The van der Waals surface area contributed by atoms with Crippen LogP contribution < -0.4 is 5.32 Å². The number of benzene rings is 1. The molecule has 9 heteroatoms. The molecule has 37 heavy (non-hydrogen) atoms. The van der Waals surface area contributed by atoms with E-state index in [1.807, 2.05) is 32.0 Å². The number of phenolic OH excluding ortho intramolecular Hbond substituents is 1. The zero-order valence-electron chi connectivity index (χ0n) is 21.5. The zero-order chi connectivity index (χ0) is 26.4. The predicted octanol–water partition coefficient (Wildman–Crippen LogP) is 5.48. The van der Waals surface area contributed by atoms with Crippen molar-refractivity contribution in [1.82, 2.24) is 15.2 Å². The molecule has 1 aromatic carbocycles. The highest BCUT2D eigenvalue weighted by molar-refractivity contribution is 6.32. The van der Waals surface area contributed by atoms with Gasteiger partial charge in [0.2, 0.25) is 0 Å². The van der Waals surface area contributed by atoms with Crippen molar-refractivity contribution in [2.24, 2.45) is 0 Å². The van der Waals surface area contributed by atoms with Gasteiger partial charge in [0.05, 0.1) is 11.6 Å². The van der Waals surface area contributed by atoms with Gasteiger partial charge in [-0.2, -0.15) is 0 Å². The number of methoxy groups -OCH3 is 1. The second-order valence-corrected chi connectivity index (χ2v) is 10.3. The molecule has 0 spiro atoms. The first kappa shape index (κ1) is 27.0. The molecule has 1 fully saturated rings. The van der Waals surface area contributed by atoms with Gasteiger partial charge in [0, 0.05) is 62.2 Å². The van der Waals surface area contributed by atoms with Gasteiger partial charge >= 0.3 is 6.09 Å². The van der Waals surface area contributed by atoms with E-state index in [-0.39, 0.29) is 16.9 Å². The van der Waals surface area contributed by atoms with E-state index >= 15 is 0 Å². The number of carbonyl (C=O) groups is 1. The highest BCUT2D eigenvalue weighted by Crippen LogP contribution is 2.40. The molecule has 0 unspecified atom stereocenters. The quantitative estimate of drug-likeness (QED) is 0.380. The Labute approximate surface area is 222 Å². The Morgan fingerprint density at radius 2 is 1.92 bits per heavy atom. The number of nitrogens with zero attached hydrogens (tertiary/aromatic N) is 2. The summed E-state index contributed by atoms with van der Waals surface area (Å²) in [6, 6.07) is 10.8. The lowest BCUT2D eigenvalue weighted by Crippen LogP contribution is -2.42. The SMILES string of the molecule is COCCN1CCC(OC(=O)NCC(C)(C)c2cc(-c3ccncc3)c(-c3ccc(Cl)c(O)c3)o2)CC1. The minimum Gasteiger partial charge on any atom is -0.506 e. The number of alkyl carbamates (subject to hydrolysis) is 1. The zero-order valence-corrected chi connectivity index (χ0v) is 22.3. The van der Waals surface area contributed by atoms with Crippen LogP contribution in [0.5, 0.6) is 5.75 Å². The molecule has 1 aliphatic heterocycles. The largest absolute Gasteiger partial charge is 0.506 e. The number of phenols is 1. The first-order chi connectivity index (χ1) is 17.8. The van der Waals surface area contributed by atoms with E-state index < -0.39 is 11.5 Å². The average Bonchev–Trinajstić information content (AvgIpc) is 3.36. The Hall–Kier alpha value is -3.07. The van der Waals surface area contributed by atoms with Crippen LogP contribution in [0.3, 0.4) is 0 Å². The van der Waals surface area contributed by atoms with Crippen LogP contribution in [0.2, 0.25) is 5.02 Å². The van der Waals surface area contributed by atoms with Gasteiger partial charge in [-0.1, -0.05) is 25.4 Å². The van der Waals surface area contributed by atoms with Crippen molar-refractivity contribution in [1.29, 1.82) is 0 Å². The number of hydrogen-bond acceptors (Lipinski definition) is 7. The smallest absolute Gasteiger partial charge is 0.407 e. The molecular formula is C28H34ClN3O5. The van der Waals surface area contributed by atoms with Crippen LogP contribution in [-0.2, 0) is 14.9 Å². The maximum atomic E-state index is 12.6. The number of aromatic hydroxyl groups is 1. The van der Waals surface area contributed by atoms with Gasteiger partial charge in [-0.25, -0.2) is 4.79 Å². The predicted molar refractivity (Wildman–Crippen MR) is 143 cm³/mol. The van der Waals surface area contributed by atoms with E-state index in [2.05, 4.69) is 15.2 Å². The van der Waals surface area contributed by atoms with Crippen molar-refractivity contribution in [3.63, 3.8) is 0 Å². The Morgan fingerprint density at radius 1 is 1.19 bits per heavy atom. The van der Waals surface area contributed by atoms with E-state index in [0.717, 1.165) is 43.6 Å². The summed E-state index contributed by atoms with van der Waals surface area (Å²) in [7, 11) is 1.70. The number of hydrogen-bond donors (Lipinski definition) is 2. The third-order valence-electron chi connectivity index (χ3n) is 6.69. The summed E-state index contributed by atoms with van der Waals surface area (Å²) in [5.41, 5.74) is 1.95. The number of amides is 1. The first-order valence-electron chi connectivity index (χ1n) is 12.5. The number of pyridine rings is 1. The van der Waals surface area contributed by atoms with Crippen LogP contribution in [-0.4, -0.2) is 67.1 Å². The molecule has 2 N–H and O–H groups in total. The van der Waals surface area contributed by atoms with E-state index in [4.69, 9.17) is 25.5 Å². The average molecular weight is 528 g/mol. The topological polar surface area (TPSA) is 97.1 Å². The van der Waals surface area contributed by atoms with Gasteiger partial charge in [0.25, 0.3) is 0 Å². The van der Waals surface area contributed by atoms with E-state index in [9.17, 15) is 9.90 Å². The van der Waals surface area contributed by atoms with E-state index in [0.29, 0.717) is 30.2 Å². The molecule has 0 bridgehead atoms. The van der Waals surface area contributed by atoms with Gasteiger partial charge in [-0.15, -0.1) is 0 Å². The third kappa shape index (κ3) is 6.83. The molecule has 1 amide bonds. The number of ether oxygens (including phenoxy) is 2. The van der Waals surface area contributed by atoms with Gasteiger partial charge < -0.3 is 29.2 Å². The number of halogens is 1. The number of furan rings is 1. The summed E-state index contributed by atoms with van der Waals surface area (Å²) in [6.45, 7) is 7.70. The summed E-state index contributed by atoms with van der Waals surface area (Å²) in [4.78, 5) is 19.0. The van der Waals surface area contributed by atoms with Gasteiger partial charge in [-0.05, 0) is 54.8 Å². The molecule has 8 nitrogen and oxygen atoms in total. The number of likely N-dealkylation sites (tertiary alicyclic amines) is 1.